The number of nitrogens with one attached hydrogen (secondary N) is 1. The highest BCUT2D eigenvalue weighted by atomic mass is 35.5. The summed E-state index contributed by atoms with van der Waals surface area (Å²) in [6, 6.07) is 3.37. The van der Waals surface area contributed by atoms with Crippen molar-refractivity contribution in [3.63, 3.8) is 0 Å². The summed E-state index contributed by atoms with van der Waals surface area (Å²) in [4.78, 5) is 33.1. The number of halogens is 1. The number of hydrogen-bond acceptors (Lipinski definition) is 5. The molecule has 114 valence electrons. The molecule has 0 spiro atoms. The van der Waals surface area contributed by atoms with Gasteiger partial charge in [-0.2, -0.15) is 0 Å². The highest BCUT2D eigenvalue weighted by Crippen LogP contribution is 2.23. The number of benzene rings is 1. The predicted molar refractivity (Wildman–Crippen MR) is 76.3 cm³/mol. The van der Waals surface area contributed by atoms with E-state index in [1.807, 2.05) is 13.8 Å². The van der Waals surface area contributed by atoms with Gasteiger partial charge in [0.25, 0.3) is 11.6 Å². The second-order valence-electron chi connectivity index (χ2n) is 4.37. The molecule has 0 saturated heterocycles. The molecule has 1 atom stereocenters. The lowest BCUT2D eigenvalue weighted by molar-refractivity contribution is -0.384. The zero-order chi connectivity index (χ0) is 16.0. The zero-order valence-corrected chi connectivity index (χ0v) is 12.3. The first kappa shape index (κ1) is 16.9. The largest absolute Gasteiger partial charge is 0.452 e. The Bertz CT molecular complexity index is 561. The van der Waals surface area contributed by atoms with Crippen molar-refractivity contribution in [2.24, 2.45) is 0 Å². The van der Waals surface area contributed by atoms with Crippen molar-refractivity contribution in [1.82, 2.24) is 5.32 Å². The number of carbonyl (C=O) groups excluding carboxylic acids is 2. The van der Waals surface area contributed by atoms with Crippen molar-refractivity contribution in [2.75, 3.05) is 6.61 Å². The second kappa shape index (κ2) is 7.58. The summed E-state index contributed by atoms with van der Waals surface area (Å²) in [7, 11) is 0. The summed E-state index contributed by atoms with van der Waals surface area (Å²) in [5.74, 6) is -1.23. The molecular formula is C13H15ClN2O5. The Labute approximate surface area is 126 Å². The molecular weight excluding hydrogens is 300 g/mol. The molecule has 0 aliphatic rings. The van der Waals surface area contributed by atoms with Crippen LogP contribution in [-0.4, -0.2) is 29.4 Å². The predicted octanol–water partition coefficient (Wildman–Crippen LogP) is 2.32. The van der Waals surface area contributed by atoms with Gasteiger partial charge in [0, 0.05) is 18.2 Å². The Morgan fingerprint density at radius 2 is 2.14 bits per heavy atom. The molecule has 21 heavy (non-hydrogen) atoms. The molecule has 8 heteroatoms. The van der Waals surface area contributed by atoms with E-state index in [9.17, 15) is 19.7 Å². The van der Waals surface area contributed by atoms with Crippen molar-refractivity contribution < 1.29 is 19.2 Å². The van der Waals surface area contributed by atoms with Gasteiger partial charge in [0.15, 0.2) is 6.61 Å². The maximum atomic E-state index is 11.7. The minimum atomic E-state index is -0.811. The van der Waals surface area contributed by atoms with Crippen LogP contribution in [0.2, 0.25) is 5.02 Å². The van der Waals surface area contributed by atoms with Crippen molar-refractivity contribution in [3.05, 3.63) is 38.9 Å². The zero-order valence-electron chi connectivity index (χ0n) is 11.6. The van der Waals surface area contributed by atoms with Gasteiger partial charge < -0.3 is 10.1 Å². The van der Waals surface area contributed by atoms with Crippen LogP contribution in [0.4, 0.5) is 5.69 Å². The number of ether oxygens (including phenoxy) is 1. The molecule has 0 radical (unpaired) electrons. The van der Waals surface area contributed by atoms with Gasteiger partial charge in [-0.15, -0.1) is 0 Å². The van der Waals surface area contributed by atoms with Crippen LogP contribution in [-0.2, 0) is 9.53 Å². The number of carbonyl (C=O) groups is 2. The summed E-state index contributed by atoms with van der Waals surface area (Å²) < 4.78 is 4.81. The average Bonchev–Trinajstić information content (AvgIpc) is 2.44. The third-order valence-corrected chi connectivity index (χ3v) is 3.05. The number of esters is 1. The number of rotatable bonds is 6. The minimum absolute atomic E-state index is 0.0147. The van der Waals surface area contributed by atoms with Crippen molar-refractivity contribution in [1.29, 1.82) is 0 Å². The minimum Gasteiger partial charge on any atom is -0.452 e. The average molecular weight is 315 g/mol. The Morgan fingerprint density at radius 1 is 1.48 bits per heavy atom. The normalized spacial score (nSPS) is 11.6. The van der Waals surface area contributed by atoms with Crippen molar-refractivity contribution >= 4 is 29.2 Å². The quantitative estimate of drug-likeness (QED) is 0.493. The van der Waals surface area contributed by atoms with Gasteiger partial charge in [-0.3, -0.25) is 14.9 Å². The monoisotopic (exact) mass is 314 g/mol. The molecule has 0 fully saturated rings. The SMILES string of the molecule is CC[C@H](C)NC(=O)COC(=O)c1ccc([N+](=O)[O-])cc1Cl. The van der Waals surface area contributed by atoms with Crippen molar-refractivity contribution in [3.8, 4) is 0 Å². The van der Waals surface area contributed by atoms with E-state index in [1.54, 1.807) is 0 Å². The van der Waals surface area contributed by atoms with E-state index >= 15 is 0 Å². The number of nitro groups is 1. The van der Waals surface area contributed by atoms with Crippen molar-refractivity contribution in [2.45, 2.75) is 26.3 Å². The van der Waals surface area contributed by atoms with E-state index in [1.165, 1.54) is 6.07 Å². The molecule has 1 amide bonds. The van der Waals surface area contributed by atoms with Crippen LogP contribution >= 0.6 is 11.6 Å². The molecule has 1 aromatic rings. The summed E-state index contributed by atoms with van der Waals surface area (Å²) in [6.45, 7) is 3.30. The van der Waals surface area contributed by atoms with E-state index in [0.717, 1.165) is 18.6 Å². The fourth-order valence-corrected chi connectivity index (χ4v) is 1.66. The fourth-order valence-electron chi connectivity index (χ4n) is 1.41. The van der Waals surface area contributed by atoms with Gasteiger partial charge in [0.2, 0.25) is 0 Å². The van der Waals surface area contributed by atoms with E-state index in [-0.39, 0.29) is 22.3 Å². The number of non-ortho nitro benzene ring substituents is 1. The fraction of sp³-hybridized carbons (Fsp3) is 0.385. The number of amides is 1. The number of nitrogens with zero attached hydrogens (tertiary/aromatic N) is 1. The lowest BCUT2D eigenvalue weighted by Crippen LogP contribution is -2.35. The summed E-state index contributed by atoms with van der Waals surface area (Å²) in [5.41, 5.74) is -0.260. The molecule has 0 saturated carbocycles. The highest BCUT2D eigenvalue weighted by molar-refractivity contribution is 6.33. The van der Waals surface area contributed by atoms with Crippen LogP contribution in [0.1, 0.15) is 30.6 Å². The Balaban J connectivity index is 2.64. The first-order chi connectivity index (χ1) is 9.85. The van der Waals surface area contributed by atoms with E-state index in [4.69, 9.17) is 16.3 Å². The summed E-state index contributed by atoms with van der Waals surface area (Å²) >= 11 is 5.78. The third kappa shape index (κ3) is 5.03. The Kier molecular flexibility index (Phi) is 6.10. The molecule has 1 rings (SSSR count). The maximum absolute atomic E-state index is 11.7. The summed E-state index contributed by atoms with van der Waals surface area (Å²) in [5, 5.41) is 13.1. The first-order valence-electron chi connectivity index (χ1n) is 6.25. The standard InChI is InChI=1S/C13H15ClN2O5/c1-3-8(2)15-12(17)7-21-13(18)10-5-4-9(16(19)20)6-11(10)14/h4-6,8H,3,7H2,1-2H3,(H,15,17)/t8-/m0/s1. The van der Waals surface area contributed by atoms with E-state index in [2.05, 4.69) is 5.32 Å². The van der Waals surface area contributed by atoms with Crippen LogP contribution in [0.15, 0.2) is 18.2 Å². The van der Waals surface area contributed by atoms with Gasteiger partial charge >= 0.3 is 5.97 Å². The lowest BCUT2D eigenvalue weighted by atomic mass is 10.2. The van der Waals surface area contributed by atoms with Crippen LogP contribution in [0, 0.1) is 10.1 Å². The van der Waals surface area contributed by atoms with Crippen LogP contribution < -0.4 is 5.32 Å². The molecule has 0 aromatic heterocycles. The first-order valence-corrected chi connectivity index (χ1v) is 6.63. The van der Waals surface area contributed by atoms with Gasteiger partial charge in [-0.1, -0.05) is 18.5 Å². The van der Waals surface area contributed by atoms with E-state index in [0.29, 0.717) is 0 Å². The second-order valence-corrected chi connectivity index (χ2v) is 4.78. The highest BCUT2D eigenvalue weighted by Gasteiger charge is 2.17. The maximum Gasteiger partial charge on any atom is 0.340 e. The lowest BCUT2D eigenvalue weighted by Gasteiger charge is -2.11. The Morgan fingerprint density at radius 3 is 2.67 bits per heavy atom. The van der Waals surface area contributed by atoms with Crippen LogP contribution in [0.3, 0.4) is 0 Å². The van der Waals surface area contributed by atoms with Gasteiger partial charge in [-0.05, 0) is 19.4 Å². The topological polar surface area (TPSA) is 98.5 Å². The molecule has 7 nitrogen and oxygen atoms in total. The molecule has 0 aliphatic carbocycles. The molecule has 0 unspecified atom stereocenters. The summed E-state index contributed by atoms with van der Waals surface area (Å²) in [6.07, 6.45) is 0.758. The molecule has 0 heterocycles. The molecule has 1 aromatic carbocycles. The Hall–Kier alpha value is -2.15. The van der Waals surface area contributed by atoms with Gasteiger partial charge in [0.05, 0.1) is 15.5 Å². The van der Waals surface area contributed by atoms with Gasteiger partial charge in [0.1, 0.15) is 0 Å². The van der Waals surface area contributed by atoms with Gasteiger partial charge in [-0.25, -0.2) is 4.79 Å². The molecule has 0 bridgehead atoms. The van der Waals surface area contributed by atoms with E-state index < -0.39 is 23.4 Å². The number of nitro benzene ring substituents is 1. The van der Waals surface area contributed by atoms with Crippen LogP contribution in [0.5, 0.6) is 0 Å². The third-order valence-electron chi connectivity index (χ3n) is 2.74. The smallest absolute Gasteiger partial charge is 0.340 e. The molecule has 1 N–H and O–H groups in total. The van der Waals surface area contributed by atoms with Crippen LogP contribution in [0.25, 0.3) is 0 Å². The molecule has 0 aliphatic heterocycles. The number of hydrogen-bond donors (Lipinski definition) is 1.